The van der Waals surface area contributed by atoms with Gasteiger partial charge in [-0.25, -0.2) is 5.43 Å². The highest BCUT2D eigenvalue weighted by Gasteiger charge is 2.13. The van der Waals surface area contributed by atoms with E-state index in [1.165, 1.54) is 36.5 Å². The zero-order valence-corrected chi connectivity index (χ0v) is 11.7. The van der Waals surface area contributed by atoms with Crippen LogP contribution in [0, 0.1) is 17.0 Å². The van der Waals surface area contributed by atoms with E-state index in [0.717, 1.165) is 0 Å². The molecule has 7 heteroatoms. The van der Waals surface area contributed by atoms with Crippen LogP contribution in [0.2, 0.25) is 0 Å². The number of hydrazone groups is 1. The number of nitro groups is 1. The molecule has 0 saturated carbocycles. The minimum atomic E-state index is -0.503. The van der Waals surface area contributed by atoms with Crippen LogP contribution >= 0.6 is 0 Å². The maximum Gasteiger partial charge on any atom is 0.272 e. The summed E-state index contributed by atoms with van der Waals surface area (Å²) in [6.07, 6.45) is 1.38. The first-order valence-electron chi connectivity index (χ1n) is 6.35. The first-order valence-corrected chi connectivity index (χ1v) is 6.35. The third-order valence-electron chi connectivity index (χ3n) is 2.91. The number of nitrogens with zero attached hydrogens (tertiary/aromatic N) is 2. The smallest absolute Gasteiger partial charge is 0.272 e. The molecule has 0 bridgehead atoms. The fourth-order valence-electron chi connectivity index (χ4n) is 1.84. The molecule has 112 valence electrons. The summed E-state index contributed by atoms with van der Waals surface area (Å²) in [6, 6.07) is 10.5. The highest BCUT2D eigenvalue weighted by Crippen LogP contribution is 2.18. The molecule has 0 atom stereocenters. The predicted octanol–water partition coefficient (Wildman–Crippen LogP) is 2.37. The minimum absolute atomic E-state index is 0.0418. The van der Waals surface area contributed by atoms with E-state index in [1.54, 1.807) is 19.1 Å². The Labute approximate surface area is 126 Å². The average Bonchev–Trinajstić information content (AvgIpc) is 2.46. The van der Waals surface area contributed by atoms with E-state index in [-0.39, 0.29) is 17.0 Å². The van der Waals surface area contributed by atoms with Crippen LogP contribution in [0.4, 0.5) is 5.69 Å². The van der Waals surface area contributed by atoms with Crippen molar-refractivity contribution < 1.29 is 14.8 Å². The van der Waals surface area contributed by atoms with Crippen LogP contribution < -0.4 is 5.43 Å². The molecular formula is C15H13N3O4. The van der Waals surface area contributed by atoms with Crippen LogP contribution in [0.15, 0.2) is 47.6 Å². The molecule has 0 spiro atoms. The molecule has 0 saturated heterocycles. The standard InChI is InChI=1S/C15H13N3O4/c1-10-7-12(5-6-14(10)18(21)22)15(20)17-16-9-11-3-2-4-13(19)8-11/h2-9,19H,1H3,(H,17,20)/b16-9+. The Morgan fingerprint density at radius 2 is 2.09 bits per heavy atom. The third-order valence-corrected chi connectivity index (χ3v) is 2.91. The van der Waals surface area contributed by atoms with E-state index < -0.39 is 10.8 Å². The third kappa shape index (κ3) is 3.66. The van der Waals surface area contributed by atoms with Gasteiger partial charge in [0.25, 0.3) is 11.6 Å². The lowest BCUT2D eigenvalue weighted by Crippen LogP contribution is -2.17. The number of amides is 1. The van der Waals surface area contributed by atoms with Crippen molar-refractivity contribution in [3.63, 3.8) is 0 Å². The number of phenolic OH excluding ortho intramolecular Hbond substituents is 1. The van der Waals surface area contributed by atoms with Crippen molar-refractivity contribution in [3.05, 3.63) is 69.3 Å². The Balaban J connectivity index is 2.06. The molecule has 2 aromatic rings. The first kappa shape index (κ1) is 15.2. The molecule has 0 aliphatic rings. The van der Waals surface area contributed by atoms with Crippen molar-refractivity contribution in [2.45, 2.75) is 6.92 Å². The highest BCUT2D eigenvalue weighted by atomic mass is 16.6. The molecule has 1 amide bonds. The lowest BCUT2D eigenvalue weighted by atomic mass is 10.1. The van der Waals surface area contributed by atoms with E-state index in [9.17, 15) is 20.0 Å². The number of carbonyl (C=O) groups excluding carboxylic acids is 1. The van der Waals surface area contributed by atoms with E-state index in [2.05, 4.69) is 10.5 Å². The normalized spacial score (nSPS) is 10.6. The number of phenols is 1. The van der Waals surface area contributed by atoms with Crippen molar-refractivity contribution in [2.75, 3.05) is 0 Å². The van der Waals surface area contributed by atoms with Gasteiger partial charge in [-0.05, 0) is 36.8 Å². The zero-order chi connectivity index (χ0) is 16.1. The molecule has 0 heterocycles. The number of nitro benzene ring substituents is 1. The molecule has 0 aliphatic heterocycles. The molecule has 0 radical (unpaired) electrons. The summed E-state index contributed by atoms with van der Waals surface area (Å²) >= 11 is 0. The summed E-state index contributed by atoms with van der Waals surface area (Å²) < 4.78 is 0. The second-order valence-corrected chi connectivity index (χ2v) is 4.55. The van der Waals surface area contributed by atoms with Crippen molar-refractivity contribution >= 4 is 17.8 Å². The largest absolute Gasteiger partial charge is 0.508 e. The van der Waals surface area contributed by atoms with Gasteiger partial charge in [-0.1, -0.05) is 12.1 Å². The molecule has 2 rings (SSSR count). The van der Waals surface area contributed by atoms with Crippen LogP contribution in [-0.2, 0) is 0 Å². The predicted molar refractivity (Wildman–Crippen MR) is 81.0 cm³/mol. The fourth-order valence-corrected chi connectivity index (χ4v) is 1.84. The van der Waals surface area contributed by atoms with Crippen LogP contribution in [0.3, 0.4) is 0 Å². The van der Waals surface area contributed by atoms with Crippen molar-refractivity contribution in [1.82, 2.24) is 5.43 Å². The number of hydrogen-bond donors (Lipinski definition) is 2. The van der Waals surface area contributed by atoms with Crippen LogP contribution in [0.5, 0.6) is 5.75 Å². The molecule has 22 heavy (non-hydrogen) atoms. The molecule has 0 fully saturated rings. The van der Waals surface area contributed by atoms with Crippen LogP contribution in [0.25, 0.3) is 0 Å². The Bertz CT molecular complexity index is 756. The topological polar surface area (TPSA) is 105 Å². The van der Waals surface area contributed by atoms with Gasteiger partial charge in [0.2, 0.25) is 0 Å². The second-order valence-electron chi connectivity index (χ2n) is 4.55. The second kappa shape index (κ2) is 6.49. The van der Waals surface area contributed by atoms with E-state index in [1.807, 2.05) is 0 Å². The molecular weight excluding hydrogens is 286 g/mol. The van der Waals surface area contributed by atoms with Gasteiger partial charge in [-0.3, -0.25) is 14.9 Å². The van der Waals surface area contributed by atoms with Gasteiger partial charge in [-0.15, -0.1) is 0 Å². The summed E-state index contributed by atoms with van der Waals surface area (Å²) in [5.41, 5.74) is 3.58. The summed E-state index contributed by atoms with van der Waals surface area (Å²) in [4.78, 5) is 22.1. The summed E-state index contributed by atoms with van der Waals surface area (Å²) in [5.74, 6) is -0.379. The van der Waals surface area contributed by atoms with Crippen LogP contribution in [-0.4, -0.2) is 22.2 Å². The monoisotopic (exact) mass is 299 g/mol. The molecule has 0 unspecified atom stereocenters. The maximum absolute atomic E-state index is 11.9. The number of aryl methyl sites for hydroxylation is 1. The molecule has 0 aromatic heterocycles. The van der Waals surface area contributed by atoms with Crippen molar-refractivity contribution in [3.8, 4) is 5.75 Å². The van der Waals surface area contributed by atoms with Gasteiger partial charge in [0.15, 0.2) is 0 Å². The summed E-state index contributed by atoms with van der Waals surface area (Å²) in [7, 11) is 0. The van der Waals surface area contributed by atoms with Gasteiger partial charge in [0.1, 0.15) is 5.75 Å². The number of benzene rings is 2. The van der Waals surface area contributed by atoms with Gasteiger partial charge < -0.3 is 5.11 Å². The lowest BCUT2D eigenvalue weighted by Gasteiger charge is -2.02. The number of aromatic hydroxyl groups is 1. The molecule has 0 aliphatic carbocycles. The molecule has 7 nitrogen and oxygen atoms in total. The van der Waals surface area contributed by atoms with Crippen LogP contribution in [0.1, 0.15) is 21.5 Å². The Morgan fingerprint density at radius 1 is 1.32 bits per heavy atom. The van der Waals surface area contributed by atoms with Crippen molar-refractivity contribution in [1.29, 1.82) is 0 Å². The van der Waals surface area contributed by atoms with Gasteiger partial charge >= 0.3 is 0 Å². The number of hydrogen-bond acceptors (Lipinski definition) is 5. The quantitative estimate of drug-likeness (QED) is 0.513. The molecule has 2 aromatic carbocycles. The van der Waals surface area contributed by atoms with E-state index in [4.69, 9.17) is 0 Å². The SMILES string of the molecule is Cc1cc(C(=O)N/N=C/c2cccc(O)c2)ccc1[N+](=O)[O-]. The number of carbonyl (C=O) groups is 1. The van der Waals surface area contributed by atoms with Gasteiger partial charge in [0, 0.05) is 17.2 Å². The number of rotatable bonds is 4. The Hall–Kier alpha value is -3.22. The lowest BCUT2D eigenvalue weighted by molar-refractivity contribution is -0.385. The van der Waals surface area contributed by atoms with E-state index >= 15 is 0 Å². The van der Waals surface area contributed by atoms with Gasteiger partial charge in [0.05, 0.1) is 11.1 Å². The maximum atomic E-state index is 11.9. The zero-order valence-electron chi connectivity index (χ0n) is 11.7. The highest BCUT2D eigenvalue weighted by molar-refractivity contribution is 5.95. The van der Waals surface area contributed by atoms with Crippen molar-refractivity contribution in [2.24, 2.45) is 5.10 Å². The average molecular weight is 299 g/mol. The summed E-state index contributed by atoms with van der Waals surface area (Å²) in [6.45, 7) is 1.56. The Morgan fingerprint density at radius 3 is 2.73 bits per heavy atom. The summed E-state index contributed by atoms with van der Waals surface area (Å²) in [5, 5.41) is 23.8. The molecule has 2 N–H and O–H groups in total. The minimum Gasteiger partial charge on any atom is -0.508 e. The number of nitrogens with one attached hydrogen (secondary N) is 1. The Kier molecular flexibility index (Phi) is 4.47. The first-order chi connectivity index (χ1) is 10.5. The van der Waals surface area contributed by atoms with Gasteiger partial charge in [-0.2, -0.15) is 5.10 Å². The van der Waals surface area contributed by atoms with E-state index in [0.29, 0.717) is 11.1 Å². The fraction of sp³-hybridized carbons (Fsp3) is 0.0667.